The summed E-state index contributed by atoms with van der Waals surface area (Å²) in [5.41, 5.74) is -0.170. The number of anilines is 2. The third kappa shape index (κ3) is 2.42. The van der Waals surface area contributed by atoms with E-state index in [0.29, 0.717) is 28.8 Å². The zero-order valence-corrected chi connectivity index (χ0v) is 15.1. The van der Waals surface area contributed by atoms with Crippen molar-refractivity contribution in [2.45, 2.75) is 18.6 Å². The Labute approximate surface area is 159 Å². The SMILES string of the molecule is Cc1cc(N2C[C@]34C=C[C@@H](O3)[C@@H](C(=O)Nc3ccc(Cl)cc3)[C@@H]4C2=O)no1. The van der Waals surface area contributed by atoms with E-state index in [1.807, 2.05) is 12.2 Å². The lowest BCUT2D eigenvalue weighted by Crippen LogP contribution is -2.41. The smallest absolute Gasteiger partial charge is 0.235 e. The molecule has 2 fully saturated rings. The molecule has 4 heterocycles. The van der Waals surface area contributed by atoms with Gasteiger partial charge in [-0.3, -0.25) is 14.5 Å². The van der Waals surface area contributed by atoms with Gasteiger partial charge in [0.05, 0.1) is 24.5 Å². The summed E-state index contributed by atoms with van der Waals surface area (Å²) in [7, 11) is 0. The first-order valence-electron chi connectivity index (χ1n) is 8.65. The molecule has 0 aliphatic carbocycles. The first-order chi connectivity index (χ1) is 13.0. The molecule has 4 atom stereocenters. The third-order valence-corrected chi connectivity index (χ3v) is 5.66. The van der Waals surface area contributed by atoms with Crippen molar-refractivity contribution in [2.24, 2.45) is 11.8 Å². The Morgan fingerprint density at radius 3 is 2.85 bits per heavy atom. The normalized spacial score (nSPS) is 30.8. The molecule has 27 heavy (non-hydrogen) atoms. The number of rotatable bonds is 3. The highest BCUT2D eigenvalue weighted by molar-refractivity contribution is 6.30. The van der Waals surface area contributed by atoms with Crippen molar-refractivity contribution in [3.8, 4) is 0 Å². The van der Waals surface area contributed by atoms with Crippen molar-refractivity contribution in [2.75, 3.05) is 16.8 Å². The predicted octanol–water partition coefficient (Wildman–Crippen LogP) is 2.56. The van der Waals surface area contributed by atoms with Gasteiger partial charge in [-0.2, -0.15) is 0 Å². The quantitative estimate of drug-likeness (QED) is 0.821. The van der Waals surface area contributed by atoms with Crippen LogP contribution in [-0.2, 0) is 14.3 Å². The highest BCUT2D eigenvalue weighted by Crippen LogP contribution is 2.52. The van der Waals surface area contributed by atoms with Crippen LogP contribution in [0.2, 0.25) is 5.02 Å². The fourth-order valence-electron chi connectivity index (χ4n) is 4.23. The summed E-state index contributed by atoms with van der Waals surface area (Å²) in [5.74, 6) is -0.548. The molecule has 0 unspecified atom stereocenters. The van der Waals surface area contributed by atoms with Crippen LogP contribution in [0.1, 0.15) is 5.76 Å². The number of carbonyl (C=O) groups is 2. The lowest BCUT2D eigenvalue weighted by Gasteiger charge is -2.23. The van der Waals surface area contributed by atoms with E-state index >= 15 is 0 Å². The topological polar surface area (TPSA) is 84.7 Å². The van der Waals surface area contributed by atoms with E-state index in [1.54, 1.807) is 37.3 Å². The number of hydrogen-bond acceptors (Lipinski definition) is 5. The molecule has 0 saturated carbocycles. The van der Waals surface area contributed by atoms with Crippen LogP contribution in [0.3, 0.4) is 0 Å². The molecule has 3 aliphatic rings. The lowest BCUT2D eigenvalue weighted by molar-refractivity contribution is -0.128. The van der Waals surface area contributed by atoms with Gasteiger partial charge in [-0.15, -0.1) is 0 Å². The second-order valence-electron chi connectivity index (χ2n) is 7.12. The second kappa shape index (κ2) is 5.68. The molecule has 1 N–H and O–H groups in total. The summed E-state index contributed by atoms with van der Waals surface area (Å²) >= 11 is 5.89. The number of benzene rings is 1. The van der Waals surface area contributed by atoms with Gasteiger partial charge in [0.15, 0.2) is 5.82 Å². The fourth-order valence-corrected chi connectivity index (χ4v) is 4.36. The van der Waals surface area contributed by atoms with Gasteiger partial charge in [0, 0.05) is 16.8 Å². The fraction of sp³-hybridized carbons (Fsp3) is 0.316. The number of amides is 2. The number of nitrogens with one attached hydrogen (secondary N) is 1. The highest BCUT2D eigenvalue weighted by atomic mass is 35.5. The lowest BCUT2D eigenvalue weighted by atomic mass is 9.77. The van der Waals surface area contributed by atoms with E-state index in [9.17, 15) is 9.59 Å². The molecule has 5 rings (SSSR count). The average molecular weight is 386 g/mol. The van der Waals surface area contributed by atoms with Gasteiger partial charge in [0.25, 0.3) is 0 Å². The van der Waals surface area contributed by atoms with Gasteiger partial charge < -0.3 is 14.6 Å². The van der Waals surface area contributed by atoms with Gasteiger partial charge in [-0.1, -0.05) is 28.9 Å². The van der Waals surface area contributed by atoms with E-state index in [-0.39, 0.29) is 11.8 Å². The molecule has 0 radical (unpaired) electrons. The predicted molar refractivity (Wildman–Crippen MR) is 97.4 cm³/mol. The Hall–Kier alpha value is -2.64. The first-order valence-corrected chi connectivity index (χ1v) is 9.03. The Bertz CT molecular complexity index is 970. The molecule has 2 bridgehead atoms. The molecule has 8 heteroatoms. The largest absolute Gasteiger partial charge is 0.360 e. The van der Waals surface area contributed by atoms with Crippen molar-refractivity contribution in [1.29, 1.82) is 0 Å². The number of fused-ring (bicyclic) bond motifs is 1. The number of halogens is 1. The molecule has 7 nitrogen and oxygen atoms in total. The molecular formula is C19H16ClN3O4. The van der Waals surface area contributed by atoms with Crippen LogP contribution in [0.5, 0.6) is 0 Å². The molecule has 1 spiro atoms. The Balaban J connectivity index is 1.43. The van der Waals surface area contributed by atoms with Crippen LogP contribution >= 0.6 is 11.6 Å². The van der Waals surface area contributed by atoms with Crippen LogP contribution in [0.25, 0.3) is 0 Å². The van der Waals surface area contributed by atoms with Crippen molar-refractivity contribution >= 4 is 34.9 Å². The monoisotopic (exact) mass is 385 g/mol. The molecule has 2 saturated heterocycles. The second-order valence-corrected chi connectivity index (χ2v) is 7.55. The zero-order chi connectivity index (χ0) is 18.8. The average Bonchev–Trinajstić information content (AvgIpc) is 3.38. The standard InChI is InChI=1S/C19H16ClN3O4/c1-10-8-14(22-27-10)23-9-19-7-6-13(26-19)15(16(19)18(23)25)17(24)21-12-4-2-11(20)3-5-12/h2-8,13,15-16H,9H2,1H3,(H,21,24)/t13-,15-,16-,19+/m1/s1. The molecule has 1 aromatic heterocycles. The summed E-state index contributed by atoms with van der Waals surface area (Å²) in [6.45, 7) is 2.08. The number of nitrogens with zero attached hydrogens (tertiary/aromatic N) is 2. The molecule has 3 aliphatic heterocycles. The maximum atomic E-state index is 13.1. The maximum Gasteiger partial charge on any atom is 0.235 e. The molecular weight excluding hydrogens is 370 g/mol. The summed E-state index contributed by atoms with van der Waals surface area (Å²) in [6.07, 6.45) is 3.36. The van der Waals surface area contributed by atoms with Crippen LogP contribution in [0.4, 0.5) is 11.5 Å². The highest BCUT2D eigenvalue weighted by Gasteiger charge is 2.67. The number of aromatic nitrogens is 1. The van der Waals surface area contributed by atoms with Crippen molar-refractivity contribution in [3.05, 3.63) is 53.3 Å². The van der Waals surface area contributed by atoms with Gasteiger partial charge in [-0.05, 0) is 31.2 Å². The summed E-state index contributed by atoms with van der Waals surface area (Å²) in [6, 6.07) is 8.55. The molecule has 2 aromatic rings. The number of ether oxygens (including phenoxy) is 1. The number of hydrogen-bond donors (Lipinski definition) is 1. The summed E-state index contributed by atoms with van der Waals surface area (Å²) in [5, 5.41) is 7.39. The van der Waals surface area contributed by atoms with Crippen molar-refractivity contribution in [1.82, 2.24) is 5.16 Å². The van der Waals surface area contributed by atoms with Crippen LogP contribution in [0, 0.1) is 18.8 Å². The summed E-state index contributed by atoms with van der Waals surface area (Å²) < 4.78 is 11.2. The van der Waals surface area contributed by atoms with Gasteiger partial charge in [0.1, 0.15) is 11.4 Å². The van der Waals surface area contributed by atoms with E-state index in [1.165, 1.54) is 4.90 Å². The minimum atomic E-state index is -0.795. The van der Waals surface area contributed by atoms with E-state index in [0.717, 1.165) is 0 Å². The Morgan fingerprint density at radius 2 is 2.15 bits per heavy atom. The minimum absolute atomic E-state index is 0.175. The third-order valence-electron chi connectivity index (χ3n) is 5.41. The van der Waals surface area contributed by atoms with Gasteiger partial charge in [-0.25, -0.2) is 0 Å². The van der Waals surface area contributed by atoms with E-state index < -0.39 is 23.5 Å². The van der Waals surface area contributed by atoms with Gasteiger partial charge >= 0.3 is 0 Å². The van der Waals surface area contributed by atoms with Crippen molar-refractivity contribution < 1.29 is 18.8 Å². The molecule has 138 valence electrons. The minimum Gasteiger partial charge on any atom is -0.360 e. The number of aryl methyl sites for hydroxylation is 1. The Morgan fingerprint density at radius 1 is 1.37 bits per heavy atom. The van der Waals surface area contributed by atoms with Crippen LogP contribution < -0.4 is 10.2 Å². The summed E-state index contributed by atoms with van der Waals surface area (Å²) in [4.78, 5) is 27.6. The van der Waals surface area contributed by atoms with Crippen molar-refractivity contribution in [3.63, 3.8) is 0 Å². The zero-order valence-electron chi connectivity index (χ0n) is 14.4. The van der Waals surface area contributed by atoms with E-state index in [4.69, 9.17) is 20.9 Å². The van der Waals surface area contributed by atoms with Crippen LogP contribution in [0.15, 0.2) is 47.0 Å². The number of carbonyl (C=O) groups excluding carboxylic acids is 2. The Kier molecular flexibility index (Phi) is 3.47. The van der Waals surface area contributed by atoms with E-state index in [2.05, 4.69) is 10.5 Å². The van der Waals surface area contributed by atoms with Crippen LogP contribution in [-0.4, -0.2) is 35.2 Å². The maximum absolute atomic E-state index is 13.1. The van der Waals surface area contributed by atoms with Gasteiger partial charge in [0.2, 0.25) is 11.8 Å². The molecule has 2 amide bonds. The first kappa shape index (κ1) is 16.5. The molecule has 1 aromatic carbocycles.